The first kappa shape index (κ1) is 15.5. The lowest BCUT2D eigenvalue weighted by Crippen LogP contribution is -2.48. The van der Waals surface area contributed by atoms with Gasteiger partial charge in [-0.3, -0.25) is 14.9 Å². The number of nitrogen functional groups attached to an aromatic ring is 1. The molecule has 0 saturated carbocycles. The van der Waals surface area contributed by atoms with Crippen LogP contribution in [0.15, 0.2) is 12.1 Å². The molecule has 0 radical (unpaired) electrons. The number of nitrogens with two attached hydrogens (primary N) is 1. The molecule has 1 heterocycles. The molecule has 0 bridgehead atoms. The summed E-state index contributed by atoms with van der Waals surface area (Å²) >= 11 is 5.88. The van der Waals surface area contributed by atoms with E-state index in [0.29, 0.717) is 13.1 Å². The molecule has 2 rings (SSSR count). The summed E-state index contributed by atoms with van der Waals surface area (Å²) in [6.07, 6.45) is -0.207. The van der Waals surface area contributed by atoms with E-state index in [9.17, 15) is 14.9 Å². The number of ether oxygens (including phenoxy) is 1. The third-order valence-electron chi connectivity index (χ3n) is 3.26. The van der Waals surface area contributed by atoms with E-state index in [-0.39, 0.29) is 40.1 Å². The number of nitrogens with zero attached hydrogens (tertiary/aromatic N) is 2. The van der Waals surface area contributed by atoms with Gasteiger partial charge in [0.2, 0.25) is 0 Å². The summed E-state index contributed by atoms with van der Waals surface area (Å²) in [5.74, 6) is -0.375. The van der Waals surface area contributed by atoms with E-state index in [1.165, 1.54) is 0 Å². The van der Waals surface area contributed by atoms with Gasteiger partial charge in [-0.15, -0.1) is 0 Å². The number of hydrogen-bond donors (Lipinski definition) is 1. The van der Waals surface area contributed by atoms with Crippen LogP contribution in [0, 0.1) is 10.1 Å². The average molecular weight is 314 g/mol. The topological polar surface area (TPSA) is 98.7 Å². The Labute approximate surface area is 126 Å². The molecule has 114 valence electrons. The van der Waals surface area contributed by atoms with Crippen molar-refractivity contribution in [2.45, 2.75) is 26.1 Å². The SMILES string of the molecule is CC1CN(C(=O)c2cc([N+](=O)[O-])cc(Cl)c2N)CC(C)O1. The lowest BCUT2D eigenvalue weighted by Gasteiger charge is -2.35. The first-order valence-corrected chi connectivity index (χ1v) is 6.85. The quantitative estimate of drug-likeness (QED) is 0.512. The second kappa shape index (κ2) is 5.87. The Bertz CT molecular complexity index is 583. The molecule has 0 aromatic heterocycles. The Balaban J connectivity index is 2.36. The highest BCUT2D eigenvalue weighted by atomic mass is 35.5. The molecule has 1 amide bonds. The fraction of sp³-hybridized carbons (Fsp3) is 0.462. The molecule has 0 spiro atoms. The fourth-order valence-corrected chi connectivity index (χ4v) is 2.61. The van der Waals surface area contributed by atoms with E-state index in [4.69, 9.17) is 22.1 Å². The van der Waals surface area contributed by atoms with Crippen molar-refractivity contribution >= 4 is 28.9 Å². The Morgan fingerprint density at radius 3 is 2.52 bits per heavy atom. The number of halogens is 1. The molecule has 8 heteroatoms. The Morgan fingerprint density at radius 1 is 1.43 bits per heavy atom. The summed E-state index contributed by atoms with van der Waals surface area (Å²) in [7, 11) is 0. The van der Waals surface area contributed by atoms with Gasteiger partial charge >= 0.3 is 0 Å². The van der Waals surface area contributed by atoms with Crippen LogP contribution in [-0.4, -0.2) is 41.0 Å². The zero-order valence-electron chi connectivity index (χ0n) is 11.7. The van der Waals surface area contributed by atoms with Gasteiger partial charge in [-0.1, -0.05) is 11.6 Å². The summed E-state index contributed by atoms with van der Waals surface area (Å²) in [5.41, 5.74) is 5.64. The minimum atomic E-state index is -0.604. The molecule has 1 aromatic rings. The molecule has 1 fully saturated rings. The number of anilines is 1. The average Bonchev–Trinajstić information content (AvgIpc) is 2.39. The van der Waals surface area contributed by atoms with Crippen LogP contribution in [0.5, 0.6) is 0 Å². The van der Waals surface area contributed by atoms with Crippen molar-refractivity contribution in [1.29, 1.82) is 0 Å². The van der Waals surface area contributed by atoms with Crippen molar-refractivity contribution in [3.63, 3.8) is 0 Å². The standard InChI is InChI=1S/C13H16ClN3O4/c1-7-5-16(6-8(2)21-7)13(18)10-3-9(17(19)20)4-11(14)12(10)15/h3-4,7-8H,5-6,15H2,1-2H3. The molecule has 21 heavy (non-hydrogen) atoms. The first-order chi connectivity index (χ1) is 9.79. The molecular formula is C13H16ClN3O4. The number of rotatable bonds is 2. The lowest BCUT2D eigenvalue weighted by atomic mass is 10.1. The van der Waals surface area contributed by atoms with Gasteiger partial charge in [0.25, 0.3) is 11.6 Å². The Kier molecular flexibility index (Phi) is 4.34. The number of non-ortho nitro benzene ring substituents is 1. The zero-order chi connectivity index (χ0) is 15.7. The molecule has 1 saturated heterocycles. The smallest absolute Gasteiger partial charge is 0.271 e. The lowest BCUT2D eigenvalue weighted by molar-refractivity contribution is -0.384. The van der Waals surface area contributed by atoms with Gasteiger partial charge in [0, 0.05) is 25.2 Å². The third kappa shape index (κ3) is 3.25. The second-order valence-electron chi connectivity index (χ2n) is 5.11. The van der Waals surface area contributed by atoms with Crippen LogP contribution in [-0.2, 0) is 4.74 Å². The molecule has 2 unspecified atom stereocenters. The highest BCUT2D eigenvalue weighted by Crippen LogP contribution is 2.30. The molecular weight excluding hydrogens is 298 g/mol. The maximum atomic E-state index is 12.5. The summed E-state index contributed by atoms with van der Waals surface area (Å²) in [4.78, 5) is 24.4. The fourth-order valence-electron chi connectivity index (χ4n) is 2.40. The monoisotopic (exact) mass is 313 g/mol. The highest BCUT2D eigenvalue weighted by Gasteiger charge is 2.29. The van der Waals surface area contributed by atoms with Crippen LogP contribution in [0.3, 0.4) is 0 Å². The predicted molar refractivity (Wildman–Crippen MR) is 78.4 cm³/mol. The number of nitro groups is 1. The van der Waals surface area contributed by atoms with E-state index in [2.05, 4.69) is 0 Å². The third-order valence-corrected chi connectivity index (χ3v) is 3.58. The molecule has 2 atom stereocenters. The van der Waals surface area contributed by atoms with Gasteiger partial charge < -0.3 is 15.4 Å². The van der Waals surface area contributed by atoms with Crippen LogP contribution in [0.2, 0.25) is 5.02 Å². The van der Waals surface area contributed by atoms with E-state index in [1.54, 1.807) is 4.90 Å². The minimum Gasteiger partial charge on any atom is -0.397 e. The van der Waals surface area contributed by atoms with Gasteiger partial charge in [-0.25, -0.2) is 0 Å². The summed E-state index contributed by atoms with van der Waals surface area (Å²) in [6.45, 7) is 4.53. The van der Waals surface area contributed by atoms with Gasteiger partial charge in [-0.2, -0.15) is 0 Å². The molecule has 1 aliphatic heterocycles. The van der Waals surface area contributed by atoms with Crippen molar-refractivity contribution < 1.29 is 14.5 Å². The maximum Gasteiger partial charge on any atom is 0.271 e. The van der Waals surface area contributed by atoms with Crippen molar-refractivity contribution in [3.05, 3.63) is 32.8 Å². The van der Waals surface area contributed by atoms with Crippen molar-refractivity contribution in [1.82, 2.24) is 4.90 Å². The van der Waals surface area contributed by atoms with Crippen LogP contribution in [0.4, 0.5) is 11.4 Å². The van der Waals surface area contributed by atoms with Crippen LogP contribution in [0.1, 0.15) is 24.2 Å². The highest BCUT2D eigenvalue weighted by molar-refractivity contribution is 6.34. The summed E-state index contributed by atoms with van der Waals surface area (Å²) < 4.78 is 5.56. The summed E-state index contributed by atoms with van der Waals surface area (Å²) in [5, 5.41) is 10.9. The van der Waals surface area contributed by atoms with Crippen molar-refractivity contribution in [2.24, 2.45) is 0 Å². The van der Waals surface area contributed by atoms with E-state index in [1.807, 2.05) is 13.8 Å². The van der Waals surface area contributed by atoms with Crippen LogP contribution >= 0.6 is 11.6 Å². The number of benzene rings is 1. The maximum absolute atomic E-state index is 12.5. The molecule has 1 aliphatic rings. The number of nitro benzene ring substituents is 1. The number of morpholine rings is 1. The molecule has 7 nitrogen and oxygen atoms in total. The van der Waals surface area contributed by atoms with E-state index in [0.717, 1.165) is 12.1 Å². The first-order valence-electron chi connectivity index (χ1n) is 6.47. The number of amides is 1. The van der Waals surface area contributed by atoms with Gasteiger partial charge in [0.05, 0.1) is 33.4 Å². The van der Waals surface area contributed by atoms with Crippen molar-refractivity contribution in [2.75, 3.05) is 18.8 Å². The number of hydrogen-bond acceptors (Lipinski definition) is 5. The number of carbonyl (C=O) groups is 1. The molecule has 2 N–H and O–H groups in total. The van der Waals surface area contributed by atoms with Gasteiger partial charge in [0.1, 0.15) is 0 Å². The van der Waals surface area contributed by atoms with E-state index < -0.39 is 4.92 Å². The predicted octanol–water partition coefficient (Wildman–Crippen LogP) is 2.08. The number of carbonyl (C=O) groups excluding carboxylic acids is 1. The minimum absolute atomic E-state index is 0.00177. The van der Waals surface area contributed by atoms with Gasteiger partial charge in [-0.05, 0) is 13.8 Å². The Hall–Kier alpha value is -1.86. The second-order valence-corrected chi connectivity index (χ2v) is 5.52. The normalized spacial score (nSPS) is 22.1. The van der Waals surface area contributed by atoms with Gasteiger partial charge in [0.15, 0.2) is 0 Å². The van der Waals surface area contributed by atoms with Crippen LogP contribution < -0.4 is 5.73 Å². The van der Waals surface area contributed by atoms with Crippen LogP contribution in [0.25, 0.3) is 0 Å². The molecule has 1 aromatic carbocycles. The molecule has 0 aliphatic carbocycles. The van der Waals surface area contributed by atoms with E-state index >= 15 is 0 Å². The zero-order valence-corrected chi connectivity index (χ0v) is 12.5. The Morgan fingerprint density at radius 2 is 2.00 bits per heavy atom. The summed E-state index contributed by atoms with van der Waals surface area (Å²) in [6, 6.07) is 2.30. The largest absolute Gasteiger partial charge is 0.397 e. The van der Waals surface area contributed by atoms with Crippen molar-refractivity contribution in [3.8, 4) is 0 Å².